The number of methoxy groups -OCH3 is 4. The highest BCUT2D eigenvalue weighted by molar-refractivity contribution is 6.43. The molecule has 8 heteroatoms. The second-order valence-corrected chi connectivity index (χ2v) is 9.44. The number of rotatable bonds is 9. The first-order valence-corrected chi connectivity index (χ1v) is 12.4. The van der Waals surface area contributed by atoms with Crippen molar-refractivity contribution >= 4 is 11.7 Å². The van der Waals surface area contributed by atoms with Gasteiger partial charge >= 0.3 is 0 Å². The minimum Gasteiger partial charge on any atom is -0.493 e. The molecule has 0 spiro atoms. The Morgan fingerprint density at radius 3 is 2.06 bits per heavy atom. The molecule has 8 nitrogen and oxygen atoms in total. The first-order valence-electron chi connectivity index (χ1n) is 12.4. The van der Waals surface area contributed by atoms with Crippen LogP contribution in [0.2, 0.25) is 0 Å². The summed E-state index contributed by atoms with van der Waals surface area (Å²) in [4.78, 5) is 30.0. The van der Waals surface area contributed by atoms with Crippen LogP contribution in [0.25, 0.3) is 0 Å². The van der Waals surface area contributed by atoms with E-state index in [0.717, 1.165) is 49.3 Å². The van der Waals surface area contributed by atoms with Gasteiger partial charge in [0.2, 0.25) is 0 Å². The third kappa shape index (κ3) is 5.14. The second kappa shape index (κ2) is 11.2. The molecule has 36 heavy (non-hydrogen) atoms. The number of carbonyl (C=O) groups excluding carboxylic acids is 2. The number of aryl methyl sites for hydroxylation is 1. The monoisotopic (exact) mass is 496 g/mol. The van der Waals surface area contributed by atoms with Crippen molar-refractivity contribution in [2.75, 3.05) is 55.1 Å². The van der Waals surface area contributed by atoms with Crippen LogP contribution < -0.4 is 18.9 Å². The van der Waals surface area contributed by atoms with Crippen molar-refractivity contribution < 1.29 is 28.5 Å². The average molecular weight is 497 g/mol. The van der Waals surface area contributed by atoms with E-state index in [2.05, 4.69) is 24.1 Å². The van der Waals surface area contributed by atoms with Crippen molar-refractivity contribution in [2.45, 2.75) is 38.1 Å². The van der Waals surface area contributed by atoms with Gasteiger partial charge in [-0.05, 0) is 86.7 Å². The van der Waals surface area contributed by atoms with E-state index >= 15 is 0 Å². The molecule has 1 atom stereocenters. The average Bonchev–Trinajstić information content (AvgIpc) is 3.02. The molecule has 194 valence electrons. The standard InChI is InChI=1S/C28H36N2O6/c1-29(21-8-7-18-14-23(33-2)25(35-4)16-20(18)13-21)10-6-11-30-12-9-19-15-24(34-3)26(36-5)17-22(19)27(31)28(30)32/h14-17,21H,6-13H2,1-5H3. The third-order valence-electron chi connectivity index (χ3n) is 7.46. The van der Waals surface area contributed by atoms with Gasteiger partial charge in [0, 0.05) is 24.7 Å². The number of Topliss-reactive ketones (excluding diaryl/α,β-unsaturated/α-hetero) is 1. The molecule has 1 amide bonds. The van der Waals surface area contributed by atoms with E-state index in [1.165, 1.54) is 18.2 Å². The lowest BCUT2D eigenvalue weighted by Crippen LogP contribution is -2.40. The topological polar surface area (TPSA) is 77.5 Å². The molecule has 0 saturated carbocycles. The molecule has 0 radical (unpaired) electrons. The Labute approximate surface area is 213 Å². The number of fused-ring (bicyclic) bond motifs is 2. The summed E-state index contributed by atoms with van der Waals surface area (Å²) in [5.74, 6) is 1.63. The van der Waals surface area contributed by atoms with E-state index < -0.39 is 11.7 Å². The lowest BCUT2D eigenvalue weighted by Gasteiger charge is -2.33. The first-order chi connectivity index (χ1) is 17.4. The summed E-state index contributed by atoms with van der Waals surface area (Å²) in [6.07, 6.45) is 4.42. The summed E-state index contributed by atoms with van der Waals surface area (Å²) in [5, 5.41) is 0. The van der Waals surface area contributed by atoms with Crippen LogP contribution in [0.15, 0.2) is 24.3 Å². The van der Waals surface area contributed by atoms with Gasteiger partial charge in [-0.1, -0.05) is 0 Å². The van der Waals surface area contributed by atoms with Gasteiger partial charge in [-0.25, -0.2) is 0 Å². The third-order valence-corrected chi connectivity index (χ3v) is 7.46. The highest BCUT2D eigenvalue weighted by Crippen LogP contribution is 2.35. The lowest BCUT2D eigenvalue weighted by molar-refractivity contribution is -0.126. The molecule has 0 saturated heterocycles. The fourth-order valence-corrected chi connectivity index (χ4v) is 5.30. The van der Waals surface area contributed by atoms with Crippen molar-refractivity contribution in [3.63, 3.8) is 0 Å². The Balaban J connectivity index is 1.35. The predicted molar refractivity (Wildman–Crippen MR) is 137 cm³/mol. The van der Waals surface area contributed by atoms with Gasteiger partial charge in [-0.3, -0.25) is 9.59 Å². The SMILES string of the molecule is COc1cc2c(cc1OC)CC(N(C)CCCN1CCc3cc(OC)c(OC)cc3C(=O)C1=O)CC2. The highest BCUT2D eigenvalue weighted by atomic mass is 16.5. The maximum Gasteiger partial charge on any atom is 0.294 e. The number of carbonyl (C=O) groups is 2. The fourth-order valence-electron chi connectivity index (χ4n) is 5.30. The van der Waals surface area contributed by atoms with Crippen LogP contribution in [0.5, 0.6) is 23.0 Å². The number of benzene rings is 2. The molecular formula is C28H36N2O6. The zero-order chi connectivity index (χ0) is 25.8. The Morgan fingerprint density at radius 2 is 1.42 bits per heavy atom. The first kappa shape index (κ1) is 25.8. The summed E-state index contributed by atoms with van der Waals surface area (Å²) < 4.78 is 21.6. The van der Waals surface area contributed by atoms with Crippen LogP contribution in [0, 0.1) is 0 Å². The molecule has 2 aromatic rings. The van der Waals surface area contributed by atoms with Crippen LogP contribution >= 0.6 is 0 Å². The van der Waals surface area contributed by atoms with E-state index in [0.29, 0.717) is 42.6 Å². The number of amides is 1. The van der Waals surface area contributed by atoms with Gasteiger partial charge in [0.05, 0.1) is 28.4 Å². The number of hydrogen-bond acceptors (Lipinski definition) is 7. The molecule has 1 heterocycles. The van der Waals surface area contributed by atoms with Gasteiger partial charge in [0.15, 0.2) is 23.0 Å². The van der Waals surface area contributed by atoms with Gasteiger partial charge in [-0.2, -0.15) is 0 Å². The van der Waals surface area contributed by atoms with E-state index in [4.69, 9.17) is 18.9 Å². The Hall–Kier alpha value is -3.26. The zero-order valence-electron chi connectivity index (χ0n) is 21.9. The fraction of sp³-hybridized carbons (Fsp3) is 0.500. The second-order valence-electron chi connectivity index (χ2n) is 9.44. The van der Waals surface area contributed by atoms with E-state index in [1.807, 2.05) is 6.07 Å². The molecule has 1 unspecified atom stereocenters. The predicted octanol–water partition coefficient (Wildman–Crippen LogP) is 3.17. The molecule has 4 rings (SSSR count). The van der Waals surface area contributed by atoms with Crippen molar-refractivity contribution in [2.24, 2.45) is 0 Å². The van der Waals surface area contributed by atoms with Crippen molar-refractivity contribution in [1.29, 1.82) is 0 Å². The number of likely N-dealkylation sites (N-methyl/N-ethyl adjacent to an activating group) is 1. The van der Waals surface area contributed by atoms with Gasteiger partial charge in [0.1, 0.15) is 0 Å². The number of hydrogen-bond donors (Lipinski definition) is 0. The van der Waals surface area contributed by atoms with Crippen LogP contribution in [0.3, 0.4) is 0 Å². The van der Waals surface area contributed by atoms with Crippen LogP contribution in [0.1, 0.15) is 39.9 Å². The van der Waals surface area contributed by atoms with Crippen LogP contribution in [-0.2, 0) is 24.1 Å². The number of nitrogens with zero attached hydrogens (tertiary/aromatic N) is 2. The highest BCUT2D eigenvalue weighted by Gasteiger charge is 2.30. The normalized spacial score (nSPS) is 17.4. The van der Waals surface area contributed by atoms with E-state index in [9.17, 15) is 9.59 Å². The van der Waals surface area contributed by atoms with Crippen molar-refractivity contribution in [3.05, 3.63) is 46.5 Å². The number of ether oxygens (including phenoxy) is 4. The quantitative estimate of drug-likeness (QED) is 0.494. The summed E-state index contributed by atoms with van der Waals surface area (Å²) in [6.45, 7) is 1.90. The van der Waals surface area contributed by atoms with E-state index in [1.54, 1.807) is 32.3 Å². The molecule has 1 aliphatic carbocycles. The summed E-state index contributed by atoms with van der Waals surface area (Å²) in [7, 11) is 8.55. The van der Waals surface area contributed by atoms with Crippen LogP contribution in [-0.4, -0.2) is 82.7 Å². The molecule has 0 aromatic heterocycles. The molecular weight excluding hydrogens is 460 g/mol. The molecule has 0 N–H and O–H groups in total. The molecule has 2 aliphatic rings. The Bertz CT molecular complexity index is 1130. The lowest BCUT2D eigenvalue weighted by atomic mass is 9.87. The molecule has 2 aromatic carbocycles. The van der Waals surface area contributed by atoms with Crippen molar-refractivity contribution in [1.82, 2.24) is 9.80 Å². The Morgan fingerprint density at radius 1 is 0.833 bits per heavy atom. The maximum absolute atomic E-state index is 13.0. The largest absolute Gasteiger partial charge is 0.493 e. The molecule has 0 fully saturated rings. The van der Waals surface area contributed by atoms with Crippen LogP contribution in [0.4, 0.5) is 0 Å². The molecule has 0 bridgehead atoms. The Kier molecular flexibility index (Phi) is 8.04. The minimum absolute atomic E-state index is 0.408. The zero-order valence-corrected chi connectivity index (χ0v) is 21.9. The summed E-state index contributed by atoms with van der Waals surface area (Å²) in [5.41, 5.74) is 3.84. The van der Waals surface area contributed by atoms with E-state index in [-0.39, 0.29) is 0 Å². The minimum atomic E-state index is -0.481. The summed E-state index contributed by atoms with van der Waals surface area (Å²) >= 11 is 0. The van der Waals surface area contributed by atoms with Gasteiger partial charge < -0.3 is 28.7 Å². The van der Waals surface area contributed by atoms with Gasteiger partial charge in [-0.15, -0.1) is 0 Å². The molecule has 1 aliphatic heterocycles. The smallest absolute Gasteiger partial charge is 0.294 e. The summed E-state index contributed by atoms with van der Waals surface area (Å²) in [6, 6.07) is 8.04. The van der Waals surface area contributed by atoms with Crippen molar-refractivity contribution in [3.8, 4) is 23.0 Å². The van der Waals surface area contributed by atoms with Gasteiger partial charge in [0.25, 0.3) is 11.7 Å². The number of ketones is 1. The maximum atomic E-state index is 13.0.